The number of amides is 4. The second-order valence-corrected chi connectivity index (χ2v) is 14.5. The number of benzene rings is 2. The summed E-state index contributed by atoms with van der Waals surface area (Å²) in [6.07, 6.45) is 1.44. The molecule has 2 saturated heterocycles. The maximum atomic E-state index is 14.4. The van der Waals surface area contributed by atoms with Crippen molar-refractivity contribution in [2.45, 2.75) is 42.4 Å². The molecule has 14 nitrogen and oxygen atoms in total. The summed E-state index contributed by atoms with van der Waals surface area (Å²) in [6, 6.07) is 5.18. The summed E-state index contributed by atoms with van der Waals surface area (Å²) in [7, 11) is 2.79. The zero-order valence-electron chi connectivity index (χ0n) is 25.9. The van der Waals surface area contributed by atoms with Crippen molar-refractivity contribution in [1.29, 1.82) is 0 Å². The number of nitrogens with zero attached hydrogens (tertiary/aromatic N) is 5. The predicted molar refractivity (Wildman–Crippen MR) is 177 cm³/mol. The number of imide groups is 2. The van der Waals surface area contributed by atoms with Crippen molar-refractivity contribution in [3.63, 3.8) is 0 Å². The number of hydrogen-bond acceptors (Lipinski definition) is 10. The minimum absolute atomic E-state index is 0.0106. The summed E-state index contributed by atoms with van der Waals surface area (Å²) in [5, 5.41) is 34.6. The molecule has 4 amide bonds. The van der Waals surface area contributed by atoms with Crippen LogP contribution >= 0.6 is 39.1 Å². The fraction of sp³-hybridized carbons (Fsp3) is 0.419. The highest BCUT2D eigenvalue weighted by atomic mass is 79.9. The van der Waals surface area contributed by atoms with Gasteiger partial charge in [-0.3, -0.25) is 44.3 Å². The van der Waals surface area contributed by atoms with Crippen LogP contribution < -0.4 is 9.80 Å². The highest BCUT2D eigenvalue weighted by molar-refractivity contribution is 9.09. The Morgan fingerprint density at radius 2 is 1.52 bits per heavy atom. The number of anilines is 2. The number of carbonyl (C=O) groups is 4. The van der Waals surface area contributed by atoms with Crippen molar-refractivity contribution in [3.05, 3.63) is 72.8 Å². The van der Waals surface area contributed by atoms with Gasteiger partial charge in [-0.2, -0.15) is 0 Å². The van der Waals surface area contributed by atoms with Gasteiger partial charge in [-0.1, -0.05) is 39.7 Å². The summed E-state index contributed by atoms with van der Waals surface area (Å²) in [5.74, 6) is -7.10. The topological polar surface area (TPSA) is 185 Å². The van der Waals surface area contributed by atoms with Crippen LogP contribution in [0.5, 0.6) is 5.75 Å². The van der Waals surface area contributed by atoms with Crippen molar-refractivity contribution in [1.82, 2.24) is 4.90 Å². The lowest BCUT2D eigenvalue weighted by molar-refractivity contribution is -0.392. The van der Waals surface area contributed by atoms with Crippen LogP contribution in [0.4, 0.5) is 22.7 Å². The molecule has 2 aliphatic carbocycles. The highest BCUT2D eigenvalue weighted by Crippen LogP contribution is 2.66. The van der Waals surface area contributed by atoms with Gasteiger partial charge in [-0.15, -0.1) is 23.2 Å². The predicted octanol–water partition coefficient (Wildman–Crippen LogP) is 4.81. The van der Waals surface area contributed by atoms with E-state index < -0.39 is 78.3 Å². The molecular weight excluding hydrogens is 737 g/mol. The number of likely N-dealkylation sites (tertiary alicyclic amines) is 1. The fourth-order valence-electron chi connectivity index (χ4n) is 7.99. The van der Waals surface area contributed by atoms with Gasteiger partial charge in [0.25, 0.3) is 11.8 Å². The van der Waals surface area contributed by atoms with E-state index in [4.69, 9.17) is 23.2 Å². The van der Waals surface area contributed by atoms with E-state index in [9.17, 15) is 44.5 Å². The number of nitro groups is 2. The summed E-state index contributed by atoms with van der Waals surface area (Å²) >= 11 is 17.7. The van der Waals surface area contributed by atoms with Crippen LogP contribution in [-0.4, -0.2) is 72.8 Å². The van der Waals surface area contributed by atoms with E-state index in [0.717, 1.165) is 21.9 Å². The molecule has 0 unspecified atom stereocenters. The number of halogens is 3. The van der Waals surface area contributed by atoms with Crippen molar-refractivity contribution in [2.24, 2.45) is 17.8 Å². The van der Waals surface area contributed by atoms with Crippen LogP contribution in [0.15, 0.2) is 35.9 Å². The molecule has 3 fully saturated rings. The van der Waals surface area contributed by atoms with Gasteiger partial charge in [-0.05, 0) is 49.3 Å². The quantitative estimate of drug-likeness (QED) is 0.107. The minimum atomic E-state index is -2.06. The number of phenols is 1. The molecule has 0 radical (unpaired) electrons. The first-order valence-corrected chi connectivity index (χ1v) is 16.6. The summed E-state index contributed by atoms with van der Waals surface area (Å²) in [5.41, 5.74) is -0.287. The smallest absolute Gasteiger partial charge is 0.301 e. The molecule has 2 aromatic rings. The van der Waals surface area contributed by atoms with Crippen LogP contribution in [0.1, 0.15) is 35.4 Å². The molecular formula is C31H28BrCl2N5O9. The Morgan fingerprint density at radius 1 is 0.958 bits per heavy atom. The Bertz CT molecular complexity index is 1860. The Morgan fingerprint density at radius 3 is 2.02 bits per heavy atom. The monoisotopic (exact) mass is 763 g/mol. The molecule has 0 aromatic heterocycles. The lowest BCUT2D eigenvalue weighted by atomic mass is 9.56. The first-order chi connectivity index (χ1) is 22.4. The maximum Gasteiger partial charge on any atom is 0.301 e. The number of aryl methyl sites for hydroxylation is 2. The van der Waals surface area contributed by atoms with E-state index in [1.54, 1.807) is 32.1 Å². The van der Waals surface area contributed by atoms with Gasteiger partial charge in [0.05, 0.1) is 32.8 Å². The molecule has 6 atom stereocenters. The SMILES string of the molecule is Cc1cc([C@H]2C3=CC[C@@H]4C(=O)N(c5cc([N+](=O)[O-])c(N(C)C)c([N+](=O)[O-])c5)C(=O)[C@@H]4[C@@H]3C[C@@]3(Cl)C(=O)N(CBr)C(=O)[C@@]23Cl)cc(C)c1O. The molecule has 4 aliphatic rings. The van der Waals surface area contributed by atoms with Crippen molar-refractivity contribution < 1.29 is 34.1 Å². The standard InChI is InChI=1S/C31H28BrCl2N5O9/c1-13-7-15(8-14(2)25(13)40)23-17-5-6-18-22(19(17)11-30(33)28(43)36(12-32)29(44)31(23,30)34)27(42)37(26(18)41)16-9-20(38(45)46)24(35(3)4)21(10-16)39(47)48/h5,7-10,18-19,22-23,40H,6,11-12H2,1-4H3/t18-,19+,22-,23-,30+,31-/m0/s1. The zero-order valence-corrected chi connectivity index (χ0v) is 29.0. The average Bonchev–Trinajstić information content (AvgIpc) is 3.36. The van der Waals surface area contributed by atoms with Gasteiger partial charge in [0.1, 0.15) is 5.75 Å². The molecule has 2 heterocycles. The zero-order chi connectivity index (χ0) is 35.4. The second kappa shape index (κ2) is 11.2. The van der Waals surface area contributed by atoms with Gasteiger partial charge >= 0.3 is 11.4 Å². The van der Waals surface area contributed by atoms with Gasteiger partial charge in [0, 0.05) is 32.1 Å². The first-order valence-electron chi connectivity index (χ1n) is 14.7. The van der Waals surface area contributed by atoms with Crippen molar-refractivity contribution in [3.8, 4) is 5.75 Å². The normalized spacial score (nSPS) is 29.4. The summed E-state index contributed by atoms with van der Waals surface area (Å²) in [6.45, 7) is 3.32. The molecule has 252 valence electrons. The minimum Gasteiger partial charge on any atom is -0.507 e. The van der Waals surface area contributed by atoms with E-state index in [2.05, 4.69) is 15.9 Å². The lowest BCUT2D eigenvalue weighted by Gasteiger charge is -2.51. The number of rotatable bonds is 6. The lowest BCUT2D eigenvalue weighted by Crippen LogP contribution is -2.60. The fourth-order valence-corrected chi connectivity index (χ4v) is 9.42. The Hall–Kier alpha value is -4.08. The first kappa shape index (κ1) is 33.8. The third kappa shape index (κ3) is 4.36. The number of allylic oxidation sites excluding steroid dienone is 2. The Balaban J connectivity index is 1.53. The van der Waals surface area contributed by atoms with Crippen LogP contribution in [0.3, 0.4) is 0 Å². The van der Waals surface area contributed by atoms with E-state index in [-0.39, 0.29) is 35.4 Å². The van der Waals surface area contributed by atoms with Crippen LogP contribution in [0.2, 0.25) is 0 Å². The number of phenolic OH excluding ortho intramolecular Hbond substituents is 1. The van der Waals surface area contributed by atoms with E-state index >= 15 is 0 Å². The molecule has 0 bridgehead atoms. The van der Waals surface area contributed by atoms with E-state index in [1.165, 1.54) is 19.0 Å². The number of alkyl halides is 3. The number of nitro benzene ring substituents is 2. The highest BCUT2D eigenvalue weighted by Gasteiger charge is 2.76. The molecule has 6 rings (SSSR count). The summed E-state index contributed by atoms with van der Waals surface area (Å²) in [4.78, 5) is 77.3. The molecule has 0 spiro atoms. The molecule has 1 N–H and O–H groups in total. The molecule has 2 aromatic carbocycles. The number of fused-ring (bicyclic) bond motifs is 4. The Labute approximate surface area is 291 Å². The van der Waals surface area contributed by atoms with Gasteiger partial charge in [0.2, 0.25) is 11.8 Å². The van der Waals surface area contributed by atoms with E-state index in [1.807, 2.05) is 0 Å². The number of aromatic hydroxyl groups is 1. The van der Waals surface area contributed by atoms with Crippen LogP contribution in [0, 0.1) is 51.8 Å². The molecule has 2 aliphatic heterocycles. The molecule has 1 saturated carbocycles. The average molecular weight is 765 g/mol. The molecule has 17 heteroatoms. The Kier molecular flexibility index (Phi) is 7.92. The van der Waals surface area contributed by atoms with Crippen LogP contribution in [0.25, 0.3) is 0 Å². The molecule has 48 heavy (non-hydrogen) atoms. The van der Waals surface area contributed by atoms with Crippen LogP contribution in [-0.2, 0) is 19.2 Å². The van der Waals surface area contributed by atoms with Crippen molar-refractivity contribution >= 4 is 85.5 Å². The van der Waals surface area contributed by atoms with Gasteiger partial charge < -0.3 is 10.0 Å². The third-order valence-electron chi connectivity index (χ3n) is 10.0. The number of carbonyl (C=O) groups excluding carboxylic acids is 4. The van der Waals surface area contributed by atoms with E-state index in [0.29, 0.717) is 22.3 Å². The van der Waals surface area contributed by atoms with Gasteiger partial charge in [-0.25, -0.2) is 4.90 Å². The third-order valence-corrected chi connectivity index (χ3v) is 11.9. The van der Waals surface area contributed by atoms with Crippen molar-refractivity contribution in [2.75, 3.05) is 29.3 Å². The number of hydrogen-bond donors (Lipinski definition) is 1. The second-order valence-electron chi connectivity index (χ2n) is 12.7. The maximum absolute atomic E-state index is 14.4. The van der Waals surface area contributed by atoms with Gasteiger partial charge in [0.15, 0.2) is 15.4 Å². The summed E-state index contributed by atoms with van der Waals surface area (Å²) < 4.78 is 0. The largest absolute Gasteiger partial charge is 0.507 e.